The number of carbonyl (C=O) groups is 1. The van der Waals surface area contributed by atoms with Gasteiger partial charge in [0.25, 0.3) is 0 Å². The van der Waals surface area contributed by atoms with Crippen LogP contribution in [0.1, 0.15) is 13.8 Å². The van der Waals surface area contributed by atoms with E-state index in [4.69, 9.17) is 42.6 Å². The average molecular weight is 854 g/mol. The molecule has 1 amide bonds. The van der Waals surface area contributed by atoms with Crippen molar-refractivity contribution in [3.63, 3.8) is 0 Å². The second kappa shape index (κ2) is 20.1. The zero-order chi connectivity index (χ0) is 42.9. The van der Waals surface area contributed by atoms with Gasteiger partial charge in [0.05, 0.1) is 32.5 Å². The molecule has 0 aliphatic carbocycles. The Bertz CT molecular complexity index is 1310. The van der Waals surface area contributed by atoms with Gasteiger partial charge >= 0.3 is 0 Å². The van der Waals surface area contributed by atoms with E-state index < -0.39 is 186 Å². The van der Waals surface area contributed by atoms with Gasteiger partial charge in [0.15, 0.2) is 31.5 Å². The van der Waals surface area contributed by atoms with Crippen LogP contribution in [0.25, 0.3) is 0 Å². The second-order valence-electron chi connectivity index (χ2n) is 14.7. The van der Waals surface area contributed by atoms with Crippen molar-refractivity contribution in [2.24, 2.45) is 0 Å². The van der Waals surface area contributed by atoms with E-state index in [0.29, 0.717) is 0 Å². The van der Waals surface area contributed by atoms with Crippen LogP contribution < -0.4 is 5.32 Å². The van der Waals surface area contributed by atoms with Gasteiger partial charge in [-0.05, 0) is 6.92 Å². The van der Waals surface area contributed by atoms with E-state index in [1.807, 2.05) is 0 Å². The maximum atomic E-state index is 12.6. The molecule has 0 radical (unpaired) electrons. The number of aliphatic hydroxyl groups excluding tert-OH is 15. The van der Waals surface area contributed by atoms with Crippen LogP contribution in [0.15, 0.2) is 0 Å². The number of ether oxygens (including phenoxy) is 9. The molecular formula is C32H55NO25. The molecule has 16 N–H and O–H groups in total. The van der Waals surface area contributed by atoms with Crippen molar-refractivity contribution in [3.8, 4) is 0 Å². The minimum Gasteiger partial charge on any atom is -0.394 e. The van der Waals surface area contributed by atoms with Gasteiger partial charge in [-0.25, -0.2) is 0 Å². The highest BCUT2D eigenvalue weighted by molar-refractivity contribution is 5.73. The van der Waals surface area contributed by atoms with Crippen LogP contribution in [-0.2, 0) is 47.4 Å². The Morgan fingerprint density at radius 3 is 1.50 bits per heavy atom. The summed E-state index contributed by atoms with van der Waals surface area (Å²) in [7, 11) is 0. The third-order valence-corrected chi connectivity index (χ3v) is 10.7. The van der Waals surface area contributed by atoms with E-state index in [1.165, 1.54) is 6.92 Å². The molecule has 5 aliphatic heterocycles. The van der Waals surface area contributed by atoms with Crippen molar-refractivity contribution in [1.82, 2.24) is 5.32 Å². The van der Waals surface area contributed by atoms with Gasteiger partial charge in [-0.2, -0.15) is 0 Å². The number of hydrogen-bond donors (Lipinski definition) is 16. The first-order valence-electron chi connectivity index (χ1n) is 18.5. The predicted octanol–water partition coefficient (Wildman–Crippen LogP) is -10.8. The smallest absolute Gasteiger partial charge is 0.217 e. The lowest BCUT2D eigenvalue weighted by Gasteiger charge is -2.50. The maximum absolute atomic E-state index is 12.6. The van der Waals surface area contributed by atoms with Gasteiger partial charge < -0.3 is 125 Å². The summed E-state index contributed by atoms with van der Waals surface area (Å²) in [5.41, 5.74) is 0. The van der Waals surface area contributed by atoms with Crippen molar-refractivity contribution >= 4 is 5.91 Å². The Morgan fingerprint density at radius 1 is 0.448 bits per heavy atom. The molecule has 0 aromatic heterocycles. The molecule has 0 bridgehead atoms. The summed E-state index contributed by atoms with van der Waals surface area (Å²) >= 11 is 0. The van der Waals surface area contributed by atoms with Gasteiger partial charge in [-0.3, -0.25) is 4.79 Å². The highest BCUT2D eigenvalue weighted by Crippen LogP contribution is 2.36. The van der Waals surface area contributed by atoms with E-state index in [0.717, 1.165) is 6.92 Å². The quantitative estimate of drug-likeness (QED) is 0.0818. The van der Waals surface area contributed by atoms with Crippen LogP contribution in [0.4, 0.5) is 0 Å². The molecule has 15 unspecified atom stereocenters. The fourth-order valence-electron chi connectivity index (χ4n) is 7.35. The van der Waals surface area contributed by atoms with E-state index in [9.17, 15) is 81.4 Å². The lowest BCUT2D eigenvalue weighted by Crippen LogP contribution is -2.70. The molecule has 5 rings (SSSR count). The number of amides is 1. The number of aliphatic hydroxyl groups is 15. The standard InChI is InChI=1S/C32H55NO25/c1-7-14(39)18(43)22(47)30(50-7)58-27-19(44)15(40)9(3-34)54-32(27)56-25-13(33-8(2)38)29(52-10(4-35)16(25)41)57-26-17(42)11(5-36)53-31(23(26)48)55-24-12(6-37)51-28(49)21(46)20(24)45/h7,9-32,34-37,39-49H,3-6H2,1-2H3,(H,33,38)/t7?,9?,10?,11?,12?,13?,14-,15+,16+,17+,18?,19?,20?,21?,22?,23?,24+,25?,26?,27?,28-,29+,30+,31-,32+/m1/s1. The lowest BCUT2D eigenvalue weighted by molar-refractivity contribution is -0.390. The zero-order valence-corrected chi connectivity index (χ0v) is 31.1. The molecule has 5 aliphatic rings. The second-order valence-corrected chi connectivity index (χ2v) is 14.7. The summed E-state index contributed by atoms with van der Waals surface area (Å²) < 4.78 is 50.8. The molecule has 0 aromatic carbocycles. The summed E-state index contributed by atoms with van der Waals surface area (Å²) in [4.78, 5) is 12.6. The molecule has 58 heavy (non-hydrogen) atoms. The predicted molar refractivity (Wildman–Crippen MR) is 177 cm³/mol. The topological polar surface area (TPSA) is 416 Å². The van der Waals surface area contributed by atoms with E-state index in [-0.39, 0.29) is 0 Å². The van der Waals surface area contributed by atoms with Crippen molar-refractivity contribution in [2.45, 2.75) is 167 Å². The van der Waals surface area contributed by atoms with Crippen LogP contribution in [0, 0.1) is 0 Å². The SMILES string of the molecule is CC(=O)NC1C(O[C@@H]2OC(CO)[C@H](O)C(O)C2O[C@@H]2OC(C)[C@@H](O)C(O)C2O)[C@@H](O)C(CO)O[C@H]1OC1C(O)[C@@H](O[C@H]2C(CO)O[C@@H](O)C(O)C2O)OC(CO)[C@@H]1O. The van der Waals surface area contributed by atoms with Gasteiger partial charge in [0.1, 0.15) is 116 Å². The highest BCUT2D eigenvalue weighted by atomic mass is 16.8. The summed E-state index contributed by atoms with van der Waals surface area (Å²) in [5.74, 6) is -0.823. The minimum atomic E-state index is -2.10. The Kier molecular flexibility index (Phi) is 16.5. The normalized spacial score (nSPS) is 51.6. The summed E-state index contributed by atoms with van der Waals surface area (Å²) in [6.07, 6.45) is -43.4. The number of carbonyl (C=O) groups excluding carboxylic acids is 1. The van der Waals surface area contributed by atoms with E-state index >= 15 is 0 Å². The van der Waals surface area contributed by atoms with Crippen LogP contribution in [0.3, 0.4) is 0 Å². The number of nitrogens with one attached hydrogen (secondary N) is 1. The Morgan fingerprint density at radius 2 is 0.914 bits per heavy atom. The van der Waals surface area contributed by atoms with Crippen molar-refractivity contribution in [1.29, 1.82) is 0 Å². The van der Waals surface area contributed by atoms with E-state index in [1.54, 1.807) is 0 Å². The van der Waals surface area contributed by atoms with Gasteiger partial charge in [-0.1, -0.05) is 0 Å². The molecule has 338 valence electrons. The van der Waals surface area contributed by atoms with E-state index in [2.05, 4.69) is 5.32 Å². The van der Waals surface area contributed by atoms with Crippen LogP contribution >= 0.6 is 0 Å². The largest absolute Gasteiger partial charge is 0.394 e. The Hall–Kier alpha value is -1.49. The molecule has 5 saturated heterocycles. The minimum absolute atomic E-state index is 0.823. The van der Waals surface area contributed by atoms with Crippen LogP contribution in [0.2, 0.25) is 0 Å². The Labute approximate surface area is 329 Å². The first-order chi connectivity index (χ1) is 27.4. The lowest BCUT2D eigenvalue weighted by atomic mass is 9.94. The molecule has 5 heterocycles. The van der Waals surface area contributed by atoms with Crippen molar-refractivity contribution in [3.05, 3.63) is 0 Å². The molecular weight excluding hydrogens is 798 g/mol. The van der Waals surface area contributed by atoms with Crippen LogP contribution in [0.5, 0.6) is 0 Å². The van der Waals surface area contributed by atoms with Crippen molar-refractivity contribution in [2.75, 3.05) is 26.4 Å². The molecule has 0 aromatic rings. The molecule has 0 saturated carbocycles. The fourth-order valence-corrected chi connectivity index (χ4v) is 7.35. The summed E-state index contributed by atoms with van der Waals surface area (Å²) in [6, 6.07) is -1.72. The third-order valence-electron chi connectivity index (χ3n) is 10.7. The van der Waals surface area contributed by atoms with Gasteiger partial charge in [-0.15, -0.1) is 0 Å². The Balaban J connectivity index is 1.44. The first-order valence-corrected chi connectivity index (χ1v) is 18.5. The monoisotopic (exact) mass is 853 g/mol. The first kappa shape index (κ1) is 47.6. The highest BCUT2D eigenvalue weighted by Gasteiger charge is 2.57. The molecule has 26 heteroatoms. The number of rotatable bonds is 13. The van der Waals surface area contributed by atoms with Gasteiger partial charge in [0.2, 0.25) is 5.91 Å². The van der Waals surface area contributed by atoms with Crippen molar-refractivity contribution < 1.29 is 124 Å². The zero-order valence-electron chi connectivity index (χ0n) is 31.1. The van der Waals surface area contributed by atoms with Gasteiger partial charge in [0, 0.05) is 6.92 Å². The molecule has 5 fully saturated rings. The molecule has 26 nitrogen and oxygen atoms in total. The van der Waals surface area contributed by atoms with Crippen LogP contribution in [-0.4, -0.2) is 262 Å². The number of hydrogen-bond acceptors (Lipinski definition) is 25. The maximum Gasteiger partial charge on any atom is 0.217 e. The average Bonchev–Trinajstić information content (AvgIpc) is 3.19. The summed E-state index contributed by atoms with van der Waals surface area (Å²) in [6.45, 7) is -1.34. The third kappa shape index (κ3) is 9.75. The summed E-state index contributed by atoms with van der Waals surface area (Å²) in [5, 5.41) is 160. The molecule has 25 atom stereocenters. The fraction of sp³-hybridized carbons (Fsp3) is 0.969. The molecule has 0 spiro atoms.